The van der Waals surface area contributed by atoms with Gasteiger partial charge in [-0.1, -0.05) is 36.3 Å². The fraction of sp³-hybridized carbons (Fsp3) is 0.400. The van der Waals surface area contributed by atoms with E-state index in [1.807, 2.05) is 19.9 Å². The highest BCUT2D eigenvalue weighted by Gasteiger charge is 2.22. The highest BCUT2D eigenvalue weighted by Crippen LogP contribution is 2.35. The van der Waals surface area contributed by atoms with Crippen molar-refractivity contribution in [2.45, 2.75) is 62.4 Å². The Morgan fingerprint density at radius 2 is 2.16 bits per heavy atom. The van der Waals surface area contributed by atoms with E-state index in [9.17, 15) is 0 Å². The van der Waals surface area contributed by atoms with Crippen LogP contribution in [0.4, 0.5) is 0 Å². The average molecular weight is 458 g/mol. The van der Waals surface area contributed by atoms with Crippen molar-refractivity contribution < 1.29 is 21.8 Å². The molecule has 1 saturated carbocycles. The van der Waals surface area contributed by atoms with Gasteiger partial charge >= 0.3 is 0 Å². The van der Waals surface area contributed by atoms with E-state index < -0.39 is 30.7 Å². The van der Waals surface area contributed by atoms with Gasteiger partial charge in [-0.15, -0.1) is 10.2 Å². The summed E-state index contributed by atoms with van der Waals surface area (Å²) in [5.41, 5.74) is 2.08. The van der Waals surface area contributed by atoms with Crippen LogP contribution in [0.25, 0.3) is 5.69 Å². The Kier molecular flexibility index (Phi) is 4.55. The number of ether oxygens (including phenoxy) is 2. The molecule has 6 nitrogen and oxygen atoms in total. The molecule has 0 spiro atoms. The summed E-state index contributed by atoms with van der Waals surface area (Å²) < 4.78 is 87.2. The Labute approximate surface area is 206 Å². The monoisotopic (exact) mass is 457 g/mol. The van der Waals surface area contributed by atoms with Crippen LogP contribution in [0.5, 0.6) is 5.75 Å². The number of aromatic nitrogens is 4. The lowest BCUT2D eigenvalue weighted by Gasteiger charge is -2.13. The Hall–Kier alpha value is -2.82. The molecule has 3 aromatic rings. The van der Waals surface area contributed by atoms with Crippen LogP contribution in [0, 0.1) is 18.8 Å². The predicted octanol–water partition coefficient (Wildman–Crippen LogP) is 4.97. The molecule has 1 fully saturated rings. The zero-order valence-electron chi connectivity index (χ0n) is 26.8. The number of pyridine rings is 1. The summed E-state index contributed by atoms with van der Waals surface area (Å²) in [5, 5.41) is 5.06. The molecule has 2 aromatic heterocycles. The quantitative estimate of drug-likeness (QED) is 0.467. The zero-order chi connectivity index (χ0) is 30.4. The molecule has 0 saturated heterocycles. The number of hydrogen-bond donors (Lipinski definition) is 0. The van der Waals surface area contributed by atoms with Crippen LogP contribution in [0.1, 0.15) is 61.7 Å². The smallest absolute Gasteiger partial charge is 0.196 e. The van der Waals surface area contributed by atoms with Gasteiger partial charge in [0.2, 0.25) is 0 Å². The van der Waals surface area contributed by atoms with Crippen molar-refractivity contribution in [3.63, 3.8) is 0 Å². The van der Waals surface area contributed by atoms with E-state index in [1.54, 1.807) is 31.4 Å². The SMILES string of the molecule is [2H]C1([2H])C([2H])([2H])C([2H])([2H])C([2H])(Sc2nnc(COc3ccc(C#CC(C)OC)c(C)c3)n2-c2cccnc2)C1([2H])[2H]. The molecule has 0 N–H and O–H groups in total. The first-order chi connectivity index (χ1) is 19.0. The van der Waals surface area contributed by atoms with Gasteiger partial charge in [-0.3, -0.25) is 9.55 Å². The van der Waals surface area contributed by atoms with E-state index in [2.05, 4.69) is 27.0 Å². The molecule has 1 aromatic carbocycles. The van der Waals surface area contributed by atoms with Crippen LogP contribution in [0.3, 0.4) is 0 Å². The molecule has 32 heavy (non-hydrogen) atoms. The number of benzene rings is 1. The molecule has 1 atom stereocenters. The molecule has 1 unspecified atom stereocenters. The minimum atomic E-state index is -3.32. The van der Waals surface area contributed by atoms with E-state index in [-0.39, 0.29) is 35.5 Å². The van der Waals surface area contributed by atoms with Crippen LogP contribution in [-0.2, 0) is 11.3 Å². The molecule has 166 valence electrons. The fourth-order valence-corrected chi connectivity index (χ4v) is 3.58. The summed E-state index contributed by atoms with van der Waals surface area (Å²) in [6.45, 7) is 3.60. The molecular formula is C25H28N4O2S. The summed E-state index contributed by atoms with van der Waals surface area (Å²) >= 11 is 0.267. The molecule has 0 radical (unpaired) electrons. The van der Waals surface area contributed by atoms with Crippen molar-refractivity contribution in [3.05, 3.63) is 59.7 Å². The first kappa shape index (κ1) is 13.7. The Bertz CT molecular complexity index is 1460. The summed E-state index contributed by atoms with van der Waals surface area (Å²) in [4.78, 5) is 4.09. The molecule has 1 aliphatic carbocycles. The van der Waals surface area contributed by atoms with E-state index in [0.29, 0.717) is 11.4 Å². The number of aryl methyl sites for hydroxylation is 1. The second-order valence-electron chi connectivity index (χ2n) is 6.79. The molecule has 1 aliphatic rings. The Balaban J connectivity index is 1.69. The van der Waals surface area contributed by atoms with Gasteiger partial charge in [0.25, 0.3) is 0 Å². The minimum Gasteiger partial charge on any atom is -0.486 e. The lowest BCUT2D eigenvalue weighted by molar-refractivity contribution is 0.163. The fourth-order valence-electron chi connectivity index (χ4n) is 2.81. The minimum absolute atomic E-state index is 0.125. The zero-order valence-corrected chi connectivity index (χ0v) is 18.7. The molecule has 4 rings (SSSR count). The average Bonchev–Trinajstić information content (AvgIpc) is 3.34. The van der Waals surface area contributed by atoms with Crippen molar-refractivity contribution in [3.8, 4) is 23.3 Å². The second kappa shape index (κ2) is 10.7. The summed E-state index contributed by atoms with van der Waals surface area (Å²) in [7, 11) is 1.58. The van der Waals surface area contributed by atoms with Gasteiger partial charge in [0.15, 0.2) is 11.0 Å². The summed E-state index contributed by atoms with van der Waals surface area (Å²) in [5.74, 6) is 6.77. The van der Waals surface area contributed by atoms with Gasteiger partial charge in [-0.2, -0.15) is 0 Å². The molecule has 0 bridgehead atoms. The third-order valence-corrected chi connectivity index (χ3v) is 5.40. The van der Waals surface area contributed by atoms with Crippen LogP contribution in [0.2, 0.25) is 0 Å². The lowest BCUT2D eigenvalue weighted by Crippen LogP contribution is -2.08. The van der Waals surface area contributed by atoms with Gasteiger partial charge in [0.1, 0.15) is 18.5 Å². The van der Waals surface area contributed by atoms with E-state index >= 15 is 0 Å². The van der Waals surface area contributed by atoms with Crippen molar-refractivity contribution in [2.24, 2.45) is 0 Å². The van der Waals surface area contributed by atoms with Gasteiger partial charge < -0.3 is 9.47 Å². The van der Waals surface area contributed by atoms with Crippen LogP contribution in [-0.4, -0.2) is 38.2 Å². The number of rotatable bonds is 7. The lowest BCUT2D eigenvalue weighted by atomic mass is 10.1. The van der Waals surface area contributed by atoms with Gasteiger partial charge in [0.05, 0.1) is 11.9 Å². The van der Waals surface area contributed by atoms with Crippen LogP contribution < -0.4 is 4.74 Å². The normalized spacial score (nSPS) is 26.2. The molecule has 0 aliphatic heterocycles. The highest BCUT2D eigenvalue weighted by molar-refractivity contribution is 7.99. The topological polar surface area (TPSA) is 62.1 Å². The molecule has 7 heteroatoms. The first-order valence-corrected chi connectivity index (χ1v) is 10.6. The Morgan fingerprint density at radius 3 is 2.88 bits per heavy atom. The van der Waals surface area contributed by atoms with Crippen molar-refractivity contribution in [1.82, 2.24) is 19.7 Å². The van der Waals surface area contributed by atoms with Crippen molar-refractivity contribution >= 4 is 11.8 Å². The maximum Gasteiger partial charge on any atom is 0.196 e. The number of thioether (sulfide) groups is 1. The Morgan fingerprint density at radius 1 is 1.31 bits per heavy atom. The van der Waals surface area contributed by atoms with Gasteiger partial charge in [-0.25, -0.2) is 0 Å². The maximum absolute atomic E-state index is 8.84. The van der Waals surface area contributed by atoms with Crippen molar-refractivity contribution in [1.29, 1.82) is 0 Å². The largest absolute Gasteiger partial charge is 0.486 e. The molecular weight excluding hydrogens is 420 g/mol. The maximum atomic E-state index is 8.84. The standard InChI is InChI=1S/C25H28N4O2S/c1-18-15-22(13-12-20(18)11-10-19(2)30-3)31-17-24-27-28-25(32-23-8-4-5-9-23)29(24)21-7-6-14-26-16-21/h6-7,12-16,19,23H,4-5,8-9,17H2,1-3H3/i4D2,5D2,8D2,9D2,23D. The molecule has 2 heterocycles. The predicted molar refractivity (Wildman–Crippen MR) is 126 cm³/mol. The van der Waals surface area contributed by atoms with Crippen molar-refractivity contribution in [2.75, 3.05) is 7.11 Å². The van der Waals surface area contributed by atoms with Crippen LogP contribution >= 0.6 is 11.8 Å². The van der Waals surface area contributed by atoms with E-state index in [1.165, 1.54) is 17.0 Å². The summed E-state index contributed by atoms with van der Waals surface area (Å²) in [6, 6.07) is 8.62. The second-order valence-corrected chi connectivity index (χ2v) is 7.77. The third kappa shape index (κ3) is 5.50. The third-order valence-electron chi connectivity index (χ3n) is 4.54. The van der Waals surface area contributed by atoms with E-state index in [0.717, 1.165) is 11.1 Å². The van der Waals surface area contributed by atoms with E-state index in [4.69, 9.17) is 21.8 Å². The number of nitrogens with zero attached hydrogens (tertiary/aromatic N) is 4. The molecule has 0 amide bonds. The van der Waals surface area contributed by atoms with Gasteiger partial charge in [0, 0.05) is 36.4 Å². The first-order valence-electron chi connectivity index (χ1n) is 14.3. The number of methoxy groups -OCH3 is 1. The summed E-state index contributed by atoms with van der Waals surface area (Å²) in [6.07, 6.45) is -10.4. The van der Waals surface area contributed by atoms with Gasteiger partial charge in [-0.05, 0) is 62.5 Å². The van der Waals surface area contributed by atoms with Crippen LogP contribution in [0.15, 0.2) is 47.9 Å². The number of hydrogen-bond acceptors (Lipinski definition) is 6. The highest BCUT2D eigenvalue weighted by atomic mass is 32.2.